The molecule has 36 heavy (non-hydrogen) atoms. The van der Waals surface area contributed by atoms with E-state index in [1.54, 1.807) is 0 Å². The van der Waals surface area contributed by atoms with E-state index in [0.717, 1.165) is 79.8 Å². The Labute approximate surface area is 217 Å². The summed E-state index contributed by atoms with van der Waals surface area (Å²) in [6.45, 7) is 8.03. The summed E-state index contributed by atoms with van der Waals surface area (Å²) in [5.41, 5.74) is 3.99. The molecular weight excluding hydrogens is 470 g/mol. The van der Waals surface area contributed by atoms with Crippen LogP contribution in [0.3, 0.4) is 0 Å². The van der Waals surface area contributed by atoms with E-state index in [9.17, 15) is 4.55 Å². The lowest BCUT2D eigenvalue weighted by Crippen LogP contribution is -2.44. The van der Waals surface area contributed by atoms with Gasteiger partial charge in [-0.3, -0.25) is 0 Å². The minimum Gasteiger partial charge on any atom is -0.593 e. The second kappa shape index (κ2) is 11.5. The molecule has 0 bridgehead atoms. The fourth-order valence-electron chi connectivity index (χ4n) is 4.58. The van der Waals surface area contributed by atoms with Gasteiger partial charge in [-0.1, -0.05) is 12.5 Å². The maximum Gasteiger partial charge on any atom is 0.229 e. The minimum absolute atomic E-state index is 0.531. The number of piperazine rings is 1. The number of benzene rings is 2. The van der Waals surface area contributed by atoms with Crippen LogP contribution in [-0.2, 0) is 11.4 Å². The van der Waals surface area contributed by atoms with Gasteiger partial charge in [-0.2, -0.15) is 4.98 Å². The third-order valence-corrected chi connectivity index (χ3v) is 8.30. The van der Waals surface area contributed by atoms with E-state index in [1.165, 1.54) is 12.1 Å². The molecule has 2 aliphatic heterocycles. The predicted molar refractivity (Wildman–Crippen MR) is 148 cm³/mol. The molecule has 2 N–H and O–H groups in total. The Morgan fingerprint density at radius 1 is 0.861 bits per heavy atom. The van der Waals surface area contributed by atoms with Crippen molar-refractivity contribution in [1.29, 1.82) is 0 Å². The zero-order valence-electron chi connectivity index (χ0n) is 21.1. The van der Waals surface area contributed by atoms with Crippen molar-refractivity contribution in [3.63, 3.8) is 0 Å². The van der Waals surface area contributed by atoms with Gasteiger partial charge < -0.3 is 25.0 Å². The van der Waals surface area contributed by atoms with Gasteiger partial charge in [0.05, 0.1) is 11.4 Å². The number of anilines is 5. The lowest BCUT2D eigenvalue weighted by Gasteiger charge is -2.34. The third kappa shape index (κ3) is 6.10. The summed E-state index contributed by atoms with van der Waals surface area (Å²) in [5.74, 6) is 1.26. The largest absolute Gasteiger partial charge is 0.593 e. The number of likely N-dealkylation sites (N-methyl/N-ethyl adjacent to an activating group) is 1. The van der Waals surface area contributed by atoms with E-state index in [1.807, 2.05) is 37.4 Å². The smallest absolute Gasteiger partial charge is 0.229 e. The first-order valence-corrected chi connectivity index (χ1v) is 13.8. The number of aryl methyl sites for hydroxylation is 1. The molecule has 1 aromatic heterocycles. The van der Waals surface area contributed by atoms with Crippen molar-refractivity contribution < 1.29 is 4.55 Å². The third-order valence-electron chi connectivity index (χ3n) is 6.81. The van der Waals surface area contributed by atoms with Crippen molar-refractivity contribution in [2.45, 2.75) is 31.1 Å². The Bertz CT molecular complexity index is 1150. The van der Waals surface area contributed by atoms with Crippen LogP contribution in [0.1, 0.15) is 24.8 Å². The molecule has 0 radical (unpaired) electrons. The van der Waals surface area contributed by atoms with Gasteiger partial charge in [0.15, 0.2) is 4.90 Å². The second-order valence-electron chi connectivity index (χ2n) is 9.58. The van der Waals surface area contributed by atoms with E-state index in [4.69, 9.17) is 4.98 Å². The summed E-state index contributed by atoms with van der Waals surface area (Å²) in [7, 11) is 2.17. The van der Waals surface area contributed by atoms with Crippen molar-refractivity contribution in [1.82, 2.24) is 19.2 Å². The monoisotopic (exact) mass is 505 g/mol. The molecule has 3 heterocycles. The molecule has 2 saturated heterocycles. The van der Waals surface area contributed by atoms with Crippen molar-refractivity contribution >= 4 is 40.2 Å². The zero-order chi connectivity index (χ0) is 24.9. The average Bonchev–Trinajstić information content (AvgIpc) is 2.92. The molecule has 190 valence electrons. The Balaban J connectivity index is 1.25. The number of nitrogens with zero attached hydrogens (tertiary/aromatic N) is 5. The predicted octanol–water partition coefficient (Wildman–Crippen LogP) is 4.53. The van der Waals surface area contributed by atoms with Gasteiger partial charge in [0.2, 0.25) is 5.95 Å². The molecule has 0 saturated carbocycles. The summed E-state index contributed by atoms with van der Waals surface area (Å²) >= 11 is -1.14. The van der Waals surface area contributed by atoms with Crippen LogP contribution in [0.5, 0.6) is 0 Å². The van der Waals surface area contributed by atoms with Gasteiger partial charge in [0.1, 0.15) is 5.82 Å². The Kier molecular flexibility index (Phi) is 7.91. The maximum absolute atomic E-state index is 13.0. The first kappa shape index (κ1) is 24.8. The van der Waals surface area contributed by atoms with Crippen LogP contribution in [0.2, 0.25) is 0 Å². The van der Waals surface area contributed by atoms with Crippen LogP contribution in [0.15, 0.2) is 59.6 Å². The summed E-state index contributed by atoms with van der Waals surface area (Å²) < 4.78 is 15.1. The Morgan fingerprint density at radius 3 is 2.36 bits per heavy atom. The molecule has 9 heteroatoms. The highest BCUT2D eigenvalue weighted by Crippen LogP contribution is 2.26. The number of nitrogens with one attached hydrogen (secondary N) is 2. The summed E-state index contributed by atoms with van der Waals surface area (Å²) in [6, 6.07) is 16.2. The summed E-state index contributed by atoms with van der Waals surface area (Å²) in [4.78, 5) is 14.8. The maximum atomic E-state index is 13.0. The summed E-state index contributed by atoms with van der Waals surface area (Å²) in [6.07, 6.45) is 5.25. The average molecular weight is 506 g/mol. The number of piperidine rings is 1. The Morgan fingerprint density at radius 2 is 1.61 bits per heavy atom. The number of hydrogen-bond donors (Lipinski definition) is 2. The topological polar surface area (TPSA) is 82.6 Å². The molecule has 3 aromatic rings. The molecule has 0 aliphatic carbocycles. The van der Waals surface area contributed by atoms with E-state index < -0.39 is 11.4 Å². The molecule has 0 spiro atoms. The number of aromatic nitrogens is 2. The van der Waals surface area contributed by atoms with Crippen LogP contribution in [-0.4, -0.2) is 70.0 Å². The SMILES string of the molecule is Cc1cnc(Nc2ccc(N3CCN(C)CC3)cc2)nc1Nc1cccc([S+]([O-])N2CCCCC2)c1. The molecule has 8 nitrogen and oxygen atoms in total. The van der Waals surface area contributed by atoms with Crippen molar-refractivity contribution in [3.8, 4) is 0 Å². The molecule has 2 fully saturated rings. The fourth-order valence-corrected chi connectivity index (χ4v) is 5.89. The first-order valence-electron chi connectivity index (χ1n) is 12.7. The number of rotatable bonds is 7. The standard InChI is InChI=1S/C27H35N7OS/c1-21-20-28-27(30-22-9-11-24(12-10-22)33-17-15-32(2)16-18-33)31-26(21)29-23-7-6-8-25(19-23)36(35)34-13-4-3-5-14-34/h6-12,19-20H,3-5,13-18H2,1-2H3,(H2,28,29,30,31). The normalized spacial score (nSPS) is 18.1. The zero-order valence-corrected chi connectivity index (χ0v) is 21.9. The molecular formula is C27H35N7OS. The van der Waals surface area contributed by atoms with Crippen molar-refractivity contribution in [2.24, 2.45) is 0 Å². The minimum atomic E-state index is -1.14. The van der Waals surface area contributed by atoms with Crippen molar-refractivity contribution in [3.05, 3.63) is 60.3 Å². The van der Waals surface area contributed by atoms with Gasteiger partial charge in [-0.15, -0.1) is 4.31 Å². The van der Waals surface area contributed by atoms with Crippen LogP contribution in [0.25, 0.3) is 0 Å². The van der Waals surface area contributed by atoms with Gasteiger partial charge in [0, 0.05) is 74.2 Å². The van der Waals surface area contributed by atoms with E-state index in [-0.39, 0.29) is 0 Å². The summed E-state index contributed by atoms with van der Waals surface area (Å²) in [5, 5.41) is 6.72. The van der Waals surface area contributed by atoms with Crippen LogP contribution >= 0.6 is 0 Å². The van der Waals surface area contributed by atoms with E-state index in [2.05, 4.69) is 61.0 Å². The van der Waals surface area contributed by atoms with Gasteiger partial charge in [-0.25, -0.2) is 4.98 Å². The highest BCUT2D eigenvalue weighted by atomic mass is 32.2. The molecule has 1 unspecified atom stereocenters. The lowest BCUT2D eigenvalue weighted by atomic mass is 10.2. The number of hydrogen-bond acceptors (Lipinski definition) is 8. The van der Waals surface area contributed by atoms with Gasteiger partial charge in [0.25, 0.3) is 0 Å². The molecule has 2 aliphatic rings. The molecule has 2 aromatic carbocycles. The fraction of sp³-hybridized carbons (Fsp3) is 0.407. The van der Waals surface area contributed by atoms with Crippen molar-refractivity contribution in [2.75, 3.05) is 61.8 Å². The molecule has 1 atom stereocenters. The molecule has 0 amide bonds. The van der Waals surface area contributed by atoms with Gasteiger partial charge in [-0.05, 0) is 63.2 Å². The second-order valence-corrected chi connectivity index (χ2v) is 11.1. The van der Waals surface area contributed by atoms with Gasteiger partial charge >= 0.3 is 0 Å². The van der Waals surface area contributed by atoms with Crippen LogP contribution in [0, 0.1) is 6.92 Å². The van der Waals surface area contributed by atoms with E-state index in [0.29, 0.717) is 5.95 Å². The highest BCUT2D eigenvalue weighted by Gasteiger charge is 2.24. The quantitative estimate of drug-likeness (QED) is 0.453. The van der Waals surface area contributed by atoms with Crippen LogP contribution in [0.4, 0.5) is 28.8 Å². The first-order chi connectivity index (χ1) is 17.5. The van der Waals surface area contributed by atoms with Crippen LogP contribution < -0.4 is 15.5 Å². The lowest BCUT2D eigenvalue weighted by molar-refractivity contribution is 0.313. The van der Waals surface area contributed by atoms with E-state index >= 15 is 0 Å². The molecule has 5 rings (SSSR count). The highest BCUT2D eigenvalue weighted by molar-refractivity contribution is 7.89. The Hall–Kier alpha value is -2.85.